The van der Waals surface area contributed by atoms with Crippen molar-refractivity contribution >= 4 is 22.5 Å². The fourth-order valence-electron chi connectivity index (χ4n) is 2.65. The largest absolute Gasteiger partial charge is 0.345 e. The molecule has 0 aromatic carbocycles. The van der Waals surface area contributed by atoms with Crippen molar-refractivity contribution < 1.29 is 4.79 Å². The maximum atomic E-state index is 12.4. The van der Waals surface area contributed by atoms with Crippen LogP contribution in [0.25, 0.3) is 0 Å². The molecule has 1 N–H and O–H groups in total. The zero-order valence-electron chi connectivity index (χ0n) is 14.3. The van der Waals surface area contributed by atoms with Crippen molar-refractivity contribution in [3.8, 4) is 0 Å². The number of urea groups is 1. The Morgan fingerprint density at radius 1 is 1.33 bits per heavy atom. The van der Waals surface area contributed by atoms with E-state index >= 15 is 0 Å². The van der Waals surface area contributed by atoms with Gasteiger partial charge in [0.05, 0.1) is 12.2 Å². The first-order chi connectivity index (χ1) is 11.5. The van der Waals surface area contributed by atoms with Crippen molar-refractivity contribution in [2.45, 2.75) is 33.4 Å². The van der Waals surface area contributed by atoms with Gasteiger partial charge in [0.2, 0.25) is 0 Å². The molecule has 8 nitrogen and oxygen atoms in total. The number of piperazine rings is 1. The van der Waals surface area contributed by atoms with Gasteiger partial charge in [0, 0.05) is 37.1 Å². The highest BCUT2D eigenvalue weighted by molar-refractivity contribution is 7.15. The van der Waals surface area contributed by atoms with Gasteiger partial charge in [-0.25, -0.2) is 14.8 Å². The lowest BCUT2D eigenvalue weighted by molar-refractivity contribution is 0.189. The molecule has 3 heterocycles. The molecule has 0 aliphatic carbocycles. The summed E-state index contributed by atoms with van der Waals surface area (Å²) >= 11 is 1.72. The predicted octanol–water partition coefficient (Wildman–Crippen LogP) is 1.27. The first-order valence-electron chi connectivity index (χ1n) is 8.10. The summed E-state index contributed by atoms with van der Waals surface area (Å²) in [5.74, 6) is 0. The molecule has 0 bridgehead atoms. The Balaban J connectivity index is 1.48. The molecular weight excluding hydrogens is 326 g/mol. The molecule has 1 aliphatic heterocycles. The van der Waals surface area contributed by atoms with Crippen LogP contribution in [0.2, 0.25) is 0 Å². The van der Waals surface area contributed by atoms with Gasteiger partial charge in [-0.3, -0.25) is 4.68 Å². The van der Waals surface area contributed by atoms with Gasteiger partial charge in [-0.2, -0.15) is 5.10 Å². The number of anilines is 1. The number of thiazole rings is 1. The van der Waals surface area contributed by atoms with Crippen LogP contribution in [-0.2, 0) is 6.54 Å². The number of rotatable bonds is 4. The summed E-state index contributed by atoms with van der Waals surface area (Å²) in [4.78, 5) is 26.3. The number of nitrogens with zero attached hydrogens (tertiary/aromatic N) is 6. The van der Waals surface area contributed by atoms with Gasteiger partial charge in [-0.1, -0.05) is 0 Å². The minimum Gasteiger partial charge on any atom is -0.345 e. The number of hydrogen-bond donors (Lipinski definition) is 1. The van der Waals surface area contributed by atoms with Gasteiger partial charge in [-0.15, -0.1) is 11.3 Å². The molecule has 0 saturated carbocycles. The van der Waals surface area contributed by atoms with E-state index in [4.69, 9.17) is 0 Å². The summed E-state index contributed by atoms with van der Waals surface area (Å²) in [5, 5.41) is 8.14. The highest BCUT2D eigenvalue weighted by atomic mass is 32.1. The molecule has 1 atom stereocenters. The third kappa shape index (κ3) is 3.84. The van der Waals surface area contributed by atoms with Crippen LogP contribution < -0.4 is 10.2 Å². The summed E-state index contributed by atoms with van der Waals surface area (Å²) in [5.41, 5.74) is 1.09. The lowest BCUT2D eigenvalue weighted by atomic mass is 10.3. The van der Waals surface area contributed by atoms with E-state index < -0.39 is 0 Å². The third-order valence-corrected chi connectivity index (χ3v) is 5.29. The fraction of sp³-hybridized carbons (Fsp3) is 0.600. The first kappa shape index (κ1) is 16.7. The smallest absolute Gasteiger partial charge is 0.317 e. The molecule has 1 aliphatic rings. The standard InChI is InChI=1S/C15H23N7OS/c1-11(8-22-10-16-9-17-22)18-14(23)20-4-6-21(7-5-20)15-19-12(2)13(3)24-15/h9-11H,4-8H2,1-3H3,(H,18,23)/t11-/m0/s1. The maximum Gasteiger partial charge on any atom is 0.317 e. The second-order valence-electron chi connectivity index (χ2n) is 6.08. The Kier molecular flexibility index (Phi) is 4.98. The molecule has 24 heavy (non-hydrogen) atoms. The van der Waals surface area contributed by atoms with Crippen molar-refractivity contribution in [1.29, 1.82) is 0 Å². The van der Waals surface area contributed by atoms with E-state index in [2.05, 4.69) is 32.2 Å². The van der Waals surface area contributed by atoms with Gasteiger partial charge in [-0.05, 0) is 20.8 Å². The maximum absolute atomic E-state index is 12.4. The molecule has 0 spiro atoms. The van der Waals surface area contributed by atoms with Crippen LogP contribution in [0.1, 0.15) is 17.5 Å². The van der Waals surface area contributed by atoms with Crippen LogP contribution in [0.15, 0.2) is 12.7 Å². The lowest BCUT2D eigenvalue weighted by Crippen LogP contribution is -2.53. The average Bonchev–Trinajstić information content (AvgIpc) is 3.18. The molecule has 9 heteroatoms. The van der Waals surface area contributed by atoms with Crippen molar-refractivity contribution in [2.75, 3.05) is 31.1 Å². The minimum atomic E-state index is -0.0197. The lowest BCUT2D eigenvalue weighted by Gasteiger charge is -2.35. The van der Waals surface area contributed by atoms with E-state index in [1.54, 1.807) is 22.3 Å². The van der Waals surface area contributed by atoms with E-state index in [0.717, 1.165) is 23.9 Å². The van der Waals surface area contributed by atoms with Gasteiger partial charge in [0.1, 0.15) is 12.7 Å². The normalized spacial score (nSPS) is 16.3. The van der Waals surface area contributed by atoms with Crippen LogP contribution in [0.4, 0.5) is 9.93 Å². The number of amides is 2. The first-order valence-corrected chi connectivity index (χ1v) is 8.91. The molecule has 1 saturated heterocycles. The minimum absolute atomic E-state index is 0.00138. The van der Waals surface area contributed by atoms with Crippen molar-refractivity contribution in [3.05, 3.63) is 23.2 Å². The monoisotopic (exact) mass is 349 g/mol. The van der Waals surface area contributed by atoms with E-state index in [1.165, 1.54) is 11.2 Å². The quantitative estimate of drug-likeness (QED) is 0.899. The summed E-state index contributed by atoms with van der Waals surface area (Å²) in [6.07, 6.45) is 3.15. The molecular formula is C15H23N7OS. The average molecular weight is 349 g/mol. The zero-order chi connectivity index (χ0) is 17.1. The number of aryl methyl sites for hydroxylation is 2. The molecule has 2 aromatic heterocycles. The molecule has 0 unspecified atom stereocenters. The van der Waals surface area contributed by atoms with Crippen molar-refractivity contribution in [2.24, 2.45) is 0 Å². The number of aromatic nitrogens is 4. The number of hydrogen-bond acceptors (Lipinski definition) is 6. The molecule has 0 radical (unpaired) electrons. The second kappa shape index (κ2) is 7.16. The highest BCUT2D eigenvalue weighted by Gasteiger charge is 2.24. The molecule has 1 fully saturated rings. The van der Waals surface area contributed by atoms with Gasteiger partial charge in [0.15, 0.2) is 5.13 Å². The Labute approximate surface area is 145 Å². The second-order valence-corrected chi connectivity index (χ2v) is 7.26. The fourth-order valence-corrected chi connectivity index (χ4v) is 3.61. The molecule has 130 valence electrons. The molecule has 2 amide bonds. The summed E-state index contributed by atoms with van der Waals surface area (Å²) < 4.78 is 1.72. The highest BCUT2D eigenvalue weighted by Crippen LogP contribution is 2.25. The van der Waals surface area contributed by atoms with Crippen LogP contribution >= 0.6 is 11.3 Å². The van der Waals surface area contributed by atoms with E-state index in [-0.39, 0.29) is 12.1 Å². The van der Waals surface area contributed by atoms with Crippen LogP contribution in [-0.4, -0.2) is 62.9 Å². The van der Waals surface area contributed by atoms with E-state index in [0.29, 0.717) is 19.6 Å². The Morgan fingerprint density at radius 2 is 2.08 bits per heavy atom. The van der Waals surface area contributed by atoms with Crippen molar-refractivity contribution in [1.82, 2.24) is 30.0 Å². The summed E-state index contributed by atoms with van der Waals surface area (Å²) in [7, 11) is 0. The SMILES string of the molecule is Cc1nc(N2CCN(C(=O)N[C@@H](C)Cn3cncn3)CC2)sc1C. The van der Waals surface area contributed by atoms with Crippen LogP contribution in [0.5, 0.6) is 0 Å². The Hall–Kier alpha value is -2.16. The van der Waals surface area contributed by atoms with E-state index in [1.807, 2.05) is 18.7 Å². The molecule has 2 aromatic rings. The number of carbonyl (C=O) groups is 1. The van der Waals surface area contributed by atoms with Gasteiger partial charge in [0.25, 0.3) is 0 Å². The van der Waals surface area contributed by atoms with E-state index in [9.17, 15) is 4.79 Å². The van der Waals surface area contributed by atoms with Crippen molar-refractivity contribution in [3.63, 3.8) is 0 Å². The van der Waals surface area contributed by atoms with Gasteiger partial charge < -0.3 is 15.1 Å². The number of carbonyl (C=O) groups excluding carboxylic acids is 1. The Morgan fingerprint density at radius 3 is 2.67 bits per heavy atom. The summed E-state index contributed by atoms with van der Waals surface area (Å²) in [6, 6.07) is -0.0183. The van der Waals surface area contributed by atoms with Crippen LogP contribution in [0, 0.1) is 13.8 Å². The zero-order valence-corrected chi connectivity index (χ0v) is 15.1. The van der Waals surface area contributed by atoms with Gasteiger partial charge >= 0.3 is 6.03 Å². The Bertz CT molecular complexity index is 657. The summed E-state index contributed by atoms with van der Waals surface area (Å²) in [6.45, 7) is 9.76. The third-order valence-electron chi connectivity index (χ3n) is 4.15. The molecule has 3 rings (SSSR count). The topological polar surface area (TPSA) is 79.2 Å². The predicted molar refractivity (Wildman–Crippen MR) is 93.4 cm³/mol. The number of nitrogens with one attached hydrogen (secondary N) is 1. The van der Waals surface area contributed by atoms with Crippen LogP contribution in [0.3, 0.4) is 0 Å².